The van der Waals surface area contributed by atoms with Crippen molar-refractivity contribution in [1.29, 1.82) is 0 Å². The lowest BCUT2D eigenvalue weighted by Crippen LogP contribution is -2.56. The molecule has 1 N–H and O–H groups in total. The zero-order chi connectivity index (χ0) is 20.3. The van der Waals surface area contributed by atoms with E-state index in [1.165, 1.54) is 0 Å². The molecule has 0 radical (unpaired) electrons. The van der Waals surface area contributed by atoms with Crippen molar-refractivity contribution in [3.8, 4) is 0 Å². The number of alkyl halides is 5. The van der Waals surface area contributed by atoms with Gasteiger partial charge in [-0.15, -0.1) is 0 Å². The fourth-order valence-corrected chi connectivity index (χ4v) is 3.20. The molecule has 2 rings (SSSR count). The smallest absolute Gasteiger partial charge is 0.445 e. The summed E-state index contributed by atoms with van der Waals surface area (Å²) in [6.07, 6.45) is -5.10. The number of carbonyl (C=O) groups is 1. The number of amides is 1. The molecule has 6 nitrogen and oxygen atoms in total. The van der Waals surface area contributed by atoms with Crippen LogP contribution in [0.15, 0.2) is 30.3 Å². The molecule has 1 amide bonds. The molecule has 0 unspecified atom stereocenters. The van der Waals surface area contributed by atoms with Crippen LogP contribution >= 0.6 is 0 Å². The highest BCUT2D eigenvalue weighted by Gasteiger charge is 2.56. The van der Waals surface area contributed by atoms with Gasteiger partial charge in [-0.2, -0.15) is 21.6 Å². The third-order valence-electron chi connectivity index (χ3n) is 3.84. The standard InChI is InChI=1S/C15H16F5NO5S/c16-14(17)8-4-7-11(12(14)26-27(23,24)15(18,19)20)21-13(22)25-9-10-5-2-1-3-6-10/h1-3,5-6,11-12H,4,7-9H2,(H,21,22)/t11-,12+/m1/s1. The first-order chi connectivity index (χ1) is 12.4. The Balaban J connectivity index is 2.07. The van der Waals surface area contributed by atoms with Gasteiger partial charge in [0.25, 0.3) is 5.92 Å². The van der Waals surface area contributed by atoms with Crippen molar-refractivity contribution in [1.82, 2.24) is 5.32 Å². The highest BCUT2D eigenvalue weighted by molar-refractivity contribution is 7.87. The first-order valence-electron chi connectivity index (χ1n) is 7.77. The molecule has 152 valence electrons. The molecular weight excluding hydrogens is 401 g/mol. The van der Waals surface area contributed by atoms with Crippen molar-refractivity contribution >= 4 is 16.2 Å². The van der Waals surface area contributed by atoms with Gasteiger partial charge in [-0.1, -0.05) is 30.3 Å². The van der Waals surface area contributed by atoms with E-state index in [2.05, 4.69) is 4.18 Å². The van der Waals surface area contributed by atoms with Gasteiger partial charge < -0.3 is 10.1 Å². The molecule has 1 fully saturated rings. The van der Waals surface area contributed by atoms with Gasteiger partial charge in [-0.25, -0.2) is 13.6 Å². The van der Waals surface area contributed by atoms with E-state index in [0.29, 0.717) is 5.56 Å². The number of carbonyl (C=O) groups excluding carboxylic acids is 1. The van der Waals surface area contributed by atoms with Crippen LogP contribution in [-0.2, 0) is 25.6 Å². The molecular formula is C15H16F5NO5S. The van der Waals surface area contributed by atoms with E-state index in [9.17, 15) is 35.2 Å². The topological polar surface area (TPSA) is 81.7 Å². The first-order valence-corrected chi connectivity index (χ1v) is 9.18. The average Bonchev–Trinajstić information content (AvgIpc) is 2.56. The van der Waals surface area contributed by atoms with E-state index in [0.717, 1.165) is 0 Å². The summed E-state index contributed by atoms with van der Waals surface area (Å²) in [7, 11) is -6.26. The molecule has 1 aliphatic carbocycles. The van der Waals surface area contributed by atoms with Crippen LogP contribution < -0.4 is 5.32 Å². The lowest BCUT2D eigenvalue weighted by molar-refractivity contribution is -0.138. The van der Waals surface area contributed by atoms with E-state index in [4.69, 9.17) is 4.74 Å². The van der Waals surface area contributed by atoms with Crippen LogP contribution in [0.4, 0.5) is 26.7 Å². The van der Waals surface area contributed by atoms with Gasteiger partial charge in [0.1, 0.15) is 6.61 Å². The number of alkyl carbamates (subject to hydrolysis) is 1. The van der Waals surface area contributed by atoms with Crippen LogP contribution in [0.2, 0.25) is 0 Å². The molecule has 0 heterocycles. The van der Waals surface area contributed by atoms with Crippen LogP contribution in [0, 0.1) is 0 Å². The second-order valence-corrected chi connectivity index (χ2v) is 7.45. The number of benzene rings is 1. The molecule has 2 atom stereocenters. The fraction of sp³-hybridized carbons (Fsp3) is 0.533. The van der Waals surface area contributed by atoms with Gasteiger partial charge >= 0.3 is 21.7 Å². The van der Waals surface area contributed by atoms with Crippen LogP contribution in [0.5, 0.6) is 0 Å². The molecule has 0 spiro atoms. The molecule has 1 aromatic carbocycles. The summed E-state index contributed by atoms with van der Waals surface area (Å²) in [5.74, 6) is -3.88. The van der Waals surface area contributed by atoms with Crippen LogP contribution in [0.1, 0.15) is 24.8 Å². The van der Waals surface area contributed by atoms with E-state index in [-0.39, 0.29) is 19.4 Å². The Morgan fingerprint density at radius 2 is 1.85 bits per heavy atom. The summed E-state index contributed by atoms with van der Waals surface area (Å²) in [6.45, 7) is -0.206. The molecule has 1 saturated carbocycles. The molecule has 0 saturated heterocycles. The van der Waals surface area contributed by atoms with E-state index in [1.54, 1.807) is 30.3 Å². The van der Waals surface area contributed by atoms with E-state index in [1.807, 2.05) is 5.32 Å². The predicted octanol–water partition coefficient (Wildman–Crippen LogP) is 3.34. The summed E-state index contributed by atoms with van der Waals surface area (Å²) in [5.41, 5.74) is -5.27. The molecule has 0 aliphatic heterocycles. The molecule has 12 heteroatoms. The monoisotopic (exact) mass is 417 g/mol. The van der Waals surface area contributed by atoms with Crippen molar-refractivity contribution in [2.75, 3.05) is 0 Å². The summed E-state index contributed by atoms with van der Waals surface area (Å²) >= 11 is 0. The van der Waals surface area contributed by atoms with E-state index < -0.39 is 46.2 Å². The summed E-state index contributed by atoms with van der Waals surface area (Å²) < 4.78 is 96.2. The highest BCUT2D eigenvalue weighted by Crippen LogP contribution is 2.39. The van der Waals surface area contributed by atoms with Crippen LogP contribution in [0.3, 0.4) is 0 Å². The summed E-state index contributed by atoms with van der Waals surface area (Å²) in [4.78, 5) is 11.8. The lowest BCUT2D eigenvalue weighted by atomic mass is 9.89. The minimum absolute atomic E-state index is 0.150. The molecule has 0 bridgehead atoms. The molecule has 1 aromatic rings. The van der Waals surface area contributed by atoms with Gasteiger partial charge in [0, 0.05) is 6.42 Å². The largest absolute Gasteiger partial charge is 0.523 e. The fourth-order valence-electron chi connectivity index (χ4n) is 2.54. The minimum Gasteiger partial charge on any atom is -0.445 e. The summed E-state index contributed by atoms with van der Waals surface area (Å²) in [6, 6.07) is 6.65. The van der Waals surface area contributed by atoms with Gasteiger partial charge in [-0.3, -0.25) is 4.18 Å². The quantitative estimate of drug-likeness (QED) is 0.452. The second-order valence-electron chi connectivity index (χ2n) is 5.88. The van der Waals surface area contributed by atoms with E-state index >= 15 is 0 Å². The van der Waals surface area contributed by atoms with Crippen LogP contribution in [0.25, 0.3) is 0 Å². The maximum Gasteiger partial charge on any atom is 0.523 e. The Bertz CT molecular complexity index is 754. The van der Waals surface area contributed by atoms with Crippen molar-refractivity contribution in [2.45, 2.75) is 49.4 Å². The Hall–Kier alpha value is -1.95. The highest BCUT2D eigenvalue weighted by atomic mass is 32.2. The lowest BCUT2D eigenvalue weighted by Gasteiger charge is -2.37. The number of halogens is 5. The number of rotatable bonds is 5. The van der Waals surface area contributed by atoms with Crippen LogP contribution in [-0.4, -0.2) is 38.1 Å². The number of hydrogen-bond donors (Lipinski definition) is 1. The van der Waals surface area contributed by atoms with Gasteiger partial charge in [0.05, 0.1) is 6.04 Å². The average molecular weight is 417 g/mol. The number of ether oxygens (including phenoxy) is 1. The van der Waals surface area contributed by atoms with Crippen molar-refractivity contribution in [2.24, 2.45) is 0 Å². The Kier molecular flexibility index (Phi) is 6.30. The zero-order valence-corrected chi connectivity index (χ0v) is 14.5. The Morgan fingerprint density at radius 1 is 1.22 bits per heavy atom. The molecule has 0 aromatic heterocycles. The molecule has 27 heavy (non-hydrogen) atoms. The maximum absolute atomic E-state index is 14.0. The predicted molar refractivity (Wildman–Crippen MR) is 82.2 cm³/mol. The Morgan fingerprint density at radius 3 is 2.44 bits per heavy atom. The van der Waals surface area contributed by atoms with Crippen molar-refractivity contribution < 1.29 is 44.1 Å². The van der Waals surface area contributed by atoms with Crippen molar-refractivity contribution in [3.05, 3.63) is 35.9 Å². The van der Waals surface area contributed by atoms with Crippen molar-refractivity contribution in [3.63, 3.8) is 0 Å². The van der Waals surface area contributed by atoms with Gasteiger partial charge in [0.15, 0.2) is 6.10 Å². The number of hydrogen-bond acceptors (Lipinski definition) is 5. The normalized spacial score (nSPS) is 22.9. The maximum atomic E-state index is 14.0. The molecule has 1 aliphatic rings. The van der Waals surface area contributed by atoms with Gasteiger partial charge in [-0.05, 0) is 18.4 Å². The first kappa shape index (κ1) is 21.4. The van der Waals surface area contributed by atoms with Gasteiger partial charge in [0.2, 0.25) is 0 Å². The SMILES string of the molecule is O=C(N[C@@H]1CCCC(F)(F)[C@H]1OS(=O)(=O)C(F)(F)F)OCc1ccccc1. The summed E-state index contributed by atoms with van der Waals surface area (Å²) in [5, 5.41) is 1.97. The zero-order valence-electron chi connectivity index (χ0n) is 13.7. The second kappa shape index (κ2) is 7.97. The third kappa shape index (κ3) is 5.51. The third-order valence-corrected chi connectivity index (χ3v) is 4.86. The Labute approximate surface area is 151 Å². The minimum atomic E-state index is -6.26. The number of nitrogens with one attached hydrogen (secondary N) is 1.